The van der Waals surface area contributed by atoms with Crippen LogP contribution < -0.4 is 9.80 Å². The summed E-state index contributed by atoms with van der Waals surface area (Å²) in [7, 11) is 0. The number of rotatable bonds is 2. The SMILES string of the molecule is Cc1ccc2[nH]c3c(N4CCN(c5cccc(C(F)(F)F)c5)CC4)ncnc3c2c1. The number of benzene rings is 2. The Hall–Kier alpha value is -3.29. The Labute approximate surface area is 171 Å². The molecule has 1 saturated heterocycles. The number of nitrogens with one attached hydrogen (secondary N) is 1. The van der Waals surface area contributed by atoms with E-state index >= 15 is 0 Å². The van der Waals surface area contributed by atoms with Crippen molar-refractivity contribution in [3.63, 3.8) is 0 Å². The highest BCUT2D eigenvalue weighted by molar-refractivity contribution is 6.08. The Morgan fingerprint density at radius 3 is 2.47 bits per heavy atom. The first kappa shape index (κ1) is 18.7. The molecule has 1 aliphatic heterocycles. The van der Waals surface area contributed by atoms with Gasteiger partial charge in [-0.3, -0.25) is 0 Å². The largest absolute Gasteiger partial charge is 0.416 e. The van der Waals surface area contributed by atoms with E-state index in [1.807, 2.05) is 17.9 Å². The van der Waals surface area contributed by atoms with Crippen molar-refractivity contribution in [2.45, 2.75) is 13.1 Å². The molecular formula is C22H20F3N5. The minimum absolute atomic E-state index is 0.596. The molecule has 0 atom stereocenters. The van der Waals surface area contributed by atoms with Crippen molar-refractivity contribution in [2.75, 3.05) is 36.0 Å². The van der Waals surface area contributed by atoms with Gasteiger partial charge in [0.2, 0.25) is 0 Å². The van der Waals surface area contributed by atoms with Gasteiger partial charge in [-0.25, -0.2) is 9.97 Å². The molecule has 0 radical (unpaired) electrons. The Balaban J connectivity index is 1.41. The summed E-state index contributed by atoms with van der Waals surface area (Å²) in [4.78, 5) is 16.6. The molecule has 1 N–H and O–H groups in total. The zero-order chi connectivity index (χ0) is 20.9. The summed E-state index contributed by atoms with van der Waals surface area (Å²) >= 11 is 0. The van der Waals surface area contributed by atoms with Crippen LogP contribution in [0.15, 0.2) is 48.8 Å². The molecule has 3 heterocycles. The Bertz CT molecular complexity index is 1220. The highest BCUT2D eigenvalue weighted by atomic mass is 19.4. The second kappa shape index (κ2) is 6.90. The molecule has 4 aromatic rings. The van der Waals surface area contributed by atoms with Gasteiger partial charge in [0, 0.05) is 42.8 Å². The van der Waals surface area contributed by atoms with Crippen molar-refractivity contribution in [1.82, 2.24) is 15.0 Å². The topological polar surface area (TPSA) is 48.1 Å². The van der Waals surface area contributed by atoms with Gasteiger partial charge in [-0.1, -0.05) is 17.7 Å². The van der Waals surface area contributed by atoms with E-state index in [1.54, 1.807) is 12.4 Å². The number of alkyl halides is 3. The normalized spacial score (nSPS) is 15.3. The monoisotopic (exact) mass is 411 g/mol. The van der Waals surface area contributed by atoms with Gasteiger partial charge in [0.1, 0.15) is 17.4 Å². The molecule has 0 bridgehead atoms. The third kappa shape index (κ3) is 3.22. The van der Waals surface area contributed by atoms with Crippen molar-refractivity contribution in [2.24, 2.45) is 0 Å². The molecule has 0 spiro atoms. The zero-order valence-electron chi connectivity index (χ0n) is 16.4. The van der Waals surface area contributed by atoms with Crippen LogP contribution >= 0.6 is 0 Å². The van der Waals surface area contributed by atoms with Gasteiger partial charge in [-0.05, 0) is 37.3 Å². The number of hydrogen-bond acceptors (Lipinski definition) is 4. The molecule has 154 valence electrons. The van der Waals surface area contributed by atoms with Gasteiger partial charge in [0.15, 0.2) is 5.82 Å². The number of halogens is 3. The molecule has 5 rings (SSSR count). The highest BCUT2D eigenvalue weighted by Crippen LogP contribution is 2.33. The number of fused-ring (bicyclic) bond motifs is 3. The van der Waals surface area contributed by atoms with Crippen LogP contribution in [-0.2, 0) is 6.18 Å². The van der Waals surface area contributed by atoms with E-state index in [0.29, 0.717) is 31.9 Å². The molecule has 0 aliphatic carbocycles. The molecule has 1 aliphatic rings. The van der Waals surface area contributed by atoms with Crippen LogP contribution in [0.2, 0.25) is 0 Å². The maximum atomic E-state index is 13.0. The van der Waals surface area contributed by atoms with Crippen molar-refractivity contribution in [3.8, 4) is 0 Å². The van der Waals surface area contributed by atoms with Crippen molar-refractivity contribution in [1.29, 1.82) is 0 Å². The zero-order valence-corrected chi connectivity index (χ0v) is 16.4. The van der Waals surface area contributed by atoms with E-state index in [4.69, 9.17) is 0 Å². The molecule has 1 fully saturated rings. The lowest BCUT2D eigenvalue weighted by Crippen LogP contribution is -2.47. The number of piperazine rings is 1. The fraction of sp³-hybridized carbons (Fsp3) is 0.273. The minimum Gasteiger partial charge on any atom is -0.368 e. The lowest BCUT2D eigenvalue weighted by atomic mass is 10.1. The molecule has 5 nitrogen and oxygen atoms in total. The fourth-order valence-electron chi connectivity index (χ4n) is 4.09. The van der Waals surface area contributed by atoms with E-state index in [0.717, 1.165) is 33.8 Å². The van der Waals surface area contributed by atoms with Crippen molar-refractivity contribution < 1.29 is 13.2 Å². The second-order valence-electron chi connectivity index (χ2n) is 7.62. The van der Waals surface area contributed by atoms with Crippen LogP contribution in [0.5, 0.6) is 0 Å². The highest BCUT2D eigenvalue weighted by Gasteiger charge is 2.31. The smallest absolute Gasteiger partial charge is 0.368 e. The summed E-state index contributed by atoms with van der Waals surface area (Å²) in [5, 5.41) is 1.07. The first-order chi connectivity index (χ1) is 14.4. The number of hydrogen-bond donors (Lipinski definition) is 1. The van der Waals surface area contributed by atoms with E-state index in [1.165, 1.54) is 17.7 Å². The van der Waals surface area contributed by atoms with E-state index in [9.17, 15) is 13.2 Å². The molecule has 0 unspecified atom stereocenters. The number of anilines is 2. The Morgan fingerprint density at radius 2 is 1.70 bits per heavy atom. The molecule has 2 aromatic carbocycles. The average Bonchev–Trinajstić information content (AvgIpc) is 3.11. The fourth-order valence-corrected chi connectivity index (χ4v) is 4.09. The summed E-state index contributed by atoms with van der Waals surface area (Å²) < 4.78 is 39.1. The maximum Gasteiger partial charge on any atom is 0.416 e. The molecule has 2 aromatic heterocycles. The van der Waals surface area contributed by atoms with Crippen molar-refractivity contribution >= 4 is 33.4 Å². The van der Waals surface area contributed by atoms with E-state index in [2.05, 4.69) is 32.0 Å². The quantitative estimate of drug-likeness (QED) is 0.517. The van der Waals surface area contributed by atoms with E-state index in [-0.39, 0.29) is 0 Å². The van der Waals surface area contributed by atoms with Crippen LogP contribution in [0.4, 0.5) is 24.7 Å². The summed E-state index contributed by atoms with van der Waals surface area (Å²) in [5.41, 5.74) is 3.94. The van der Waals surface area contributed by atoms with Gasteiger partial charge < -0.3 is 14.8 Å². The van der Waals surface area contributed by atoms with Crippen LogP contribution in [0, 0.1) is 6.92 Å². The summed E-state index contributed by atoms with van der Waals surface area (Å²) in [5.74, 6) is 0.831. The van der Waals surface area contributed by atoms with Crippen molar-refractivity contribution in [3.05, 3.63) is 59.9 Å². The summed E-state index contributed by atoms with van der Waals surface area (Å²) in [6.45, 7) is 4.61. The summed E-state index contributed by atoms with van der Waals surface area (Å²) in [6.07, 6.45) is -2.76. The first-order valence-corrected chi connectivity index (χ1v) is 9.80. The standard InChI is InChI=1S/C22H20F3N5/c1-14-5-6-18-17(11-14)19-20(28-18)21(27-13-26-19)30-9-7-29(8-10-30)16-4-2-3-15(12-16)22(23,24)25/h2-6,11-13,28H,7-10H2,1H3. The lowest BCUT2D eigenvalue weighted by Gasteiger charge is -2.37. The number of H-pyrrole nitrogens is 1. The average molecular weight is 411 g/mol. The Kier molecular flexibility index (Phi) is 4.30. The Morgan fingerprint density at radius 1 is 0.933 bits per heavy atom. The number of aromatic nitrogens is 3. The van der Waals surface area contributed by atoms with E-state index < -0.39 is 11.7 Å². The van der Waals surface area contributed by atoms with Gasteiger partial charge in [0.05, 0.1) is 5.56 Å². The molecule has 30 heavy (non-hydrogen) atoms. The number of aromatic amines is 1. The van der Waals surface area contributed by atoms with Crippen LogP contribution in [-0.4, -0.2) is 41.1 Å². The van der Waals surface area contributed by atoms with Crippen LogP contribution in [0.25, 0.3) is 21.9 Å². The minimum atomic E-state index is -4.33. The molecule has 8 heteroatoms. The second-order valence-corrected chi connectivity index (χ2v) is 7.62. The number of nitrogens with zero attached hydrogens (tertiary/aromatic N) is 4. The molecular weight excluding hydrogens is 391 g/mol. The first-order valence-electron chi connectivity index (χ1n) is 9.80. The van der Waals surface area contributed by atoms with Crippen LogP contribution in [0.3, 0.4) is 0 Å². The van der Waals surface area contributed by atoms with Gasteiger partial charge >= 0.3 is 6.18 Å². The molecule has 0 amide bonds. The molecule has 0 saturated carbocycles. The van der Waals surface area contributed by atoms with Gasteiger partial charge in [-0.15, -0.1) is 0 Å². The lowest BCUT2D eigenvalue weighted by molar-refractivity contribution is -0.137. The number of aryl methyl sites for hydroxylation is 1. The predicted molar refractivity (Wildman–Crippen MR) is 112 cm³/mol. The third-order valence-corrected chi connectivity index (χ3v) is 5.63. The summed E-state index contributed by atoms with van der Waals surface area (Å²) in [6, 6.07) is 11.7. The predicted octanol–water partition coefficient (Wildman–Crippen LogP) is 4.76. The maximum absolute atomic E-state index is 13.0. The van der Waals surface area contributed by atoms with Gasteiger partial charge in [-0.2, -0.15) is 13.2 Å². The third-order valence-electron chi connectivity index (χ3n) is 5.63. The van der Waals surface area contributed by atoms with Crippen LogP contribution in [0.1, 0.15) is 11.1 Å². The van der Waals surface area contributed by atoms with Gasteiger partial charge in [0.25, 0.3) is 0 Å².